The number of rotatable bonds is 2. The van der Waals surface area contributed by atoms with Crippen LogP contribution in [-0.4, -0.2) is 17.9 Å². The summed E-state index contributed by atoms with van der Waals surface area (Å²) in [4.78, 5) is 9.54. The molecule has 0 aromatic heterocycles. The van der Waals surface area contributed by atoms with Gasteiger partial charge in [-0.2, -0.15) is 0 Å². The van der Waals surface area contributed by atoms with E-state index in [1.54, 1.807) is 0 Å². The summed E-state index contributed by atoms with van der Waals surface area (Å²) in [6.45, 7) is 2.15. The molecule has 0 rings (SSSR count). The van der Waals surface area contributed by atoms with E-state index in [-0.39, 0.29) is 32.7 Å². The molecule has 0 spiro atoms. The molecule has 0 aliphatic carbocycles. The third-order valence-corrected chi connectivity index (χ3v) is 0.430. The molecule has 0 bridgehead atoms. The van der Waals surface area contributed by atoms with Crippen LogP contribution in [0.4, 0.5) is 4.79 Å². The van der Waals surface area contributed by atoms with E-state index in [1.807, 2.05) is 6.92 Å². The van der Waals surface area contributed by atoms with Crippen molar-refractivity contribution in [2.75, 3.05) is 6.61 Å². The van der Waals surface area contributed by atoms with Crippen LogP contribution in [0, 0.1) is 0 Å². The van der Waals surface area contributed by atoms with E-state index in [1.165, 1.54) is 0 Å². The second-order valence-electron chi connectivity index (χ2n) is 1.11. The Balaban J connectivity index is 0. The summed E-state index contributed by atoms with van der Waals surface area (Å²) < 4.78 is 4.11. The fourth-order valence-corrected chi connectivity index (χ4v) is 0.189. The van der Waals surface area contributed by atoms with Crippen molar-refractivity contribution in [3.8, 4) is 0 Å². The molecule has 0 aromatic carbocycles. The Morgan fingerprint density at radius 3 is 2.38 bits per heavy atom. The molecule has 1 radical (unpaired) electrons. The van der Waals surface area contributed by atoms with Crippen LogP contribution in [0.25, 0.3) is 0 Å². The zero-order valence-electron chi connectivity index (χ0n) is 4.76. The molecule has 0 unspecified atom stereocenters. The molecule has 1 N–H and O–H groups in total. The zero-order valence-corrected chi connectivity index (χ0v) is 7.59. The van der Waals surface area contributed by atoms with Gasteiger partial charge in [-0.25, -0.2) is 4.79 Å². The largest absolute Gasteiger partial charge is 0.505 e. The molecule has 0 aliphatic rings. The van der Waals surface area contributed by atoms with Gasteiger partial charge in [-0.1, -0.05) is 6.92 Å². The van der Waals surface area contributed by atoms with Crippen LogP contribution < -0.4 is 0 Å². The van der Waals surface area contributed by atoms with Crippen molar-refractivity contribution in [3.05, 3.63) is 0 Å². The summed E-state index contributed by atoms with van der Waals surface area (Å²) in [7, 11) is 0. The third-order valence-electron chi connectivity index (χ3n) is 0.430. The van der Waals surface area contributed by atoms with Crippen molar-refractivity contribution >= 4 is 6.16 Å². The molecule has 4 heteroatoms. The van der Waals surface area contributed by atoms with Crippen LogP contribution in [-0.2, 0) is 37.4 Å². The van der Waals surface area contributed by atoms with E-state index in [0.29, 0.717) is 6.61 Å². The van der Waals surface area contributed by atoms with Gasteiger partial charge in [0.05, 0.1) is 6.61 Å². The summed E-state index contributed by atoms with van der Waals surface area (Å²) in [5.74, 6) is 0. The van der Waals surface area contributed by atoms with Crippen LogP contribution in [0.2, 0.25) is 0 Å². The maximum absolute atomic E-state index is 9.54. The first kappa shape index (κ1) is 11.2. The second kappa shape index (κ2) is 7.37. The Bertz CT molecular complexity index is 64.3. The number of carboxylic acid groups (broad SMARTS) is 1. The molecule has 8 heavy (non-hydrogen) atoms. The van der Waals surface area contributed by atoms with Crippen molar-refractivity contribution in [1.29, 1.82) is 0 Å². The van der Waals surface area contributed by atoms with E-state index in [2.05, 4.69) is 4.74 Å². The predicted octanol–water partition coefficient (Wildman–Crippen LogP) is 1.09. The van der Waals surface area contributed by atoms with Gasteiger partial charge in [0.1, 0.15) is 0 Å². The van der Waals surface area contributed by atoms with Gasteiger partial charge < -0.3 is 9.84 Å². The molecule has 3 nitrogen and oxygen atoms in total. The quantitative estimate of drug-likeness (QED) is 0.667. The number of hydrogen-bond donors (Lipinski definition) is 1. The van der Waals surface area contributed by atoms with Crippen LogP contribution in [0.3, 0.4) is 0 Å². The first-order valence-electron chi connectivity index (χ1n) is 2.13. The number of ether oxygens (including phenoxy) is 1. The first-order valence-corrected chi connectivity index (χ1v) is 2.13. The van der Waals surface area contributed by atoms with Gasteiger partial charge in [0, 0.05) is 32.7 Å². The van der Waals surface area contributed by atoms with E-state index < -0.39 is 6.16 Å². The van der Waals surface area contributed by atoms with Crippen LogP contribution in [0.1, 0.15) is 13.3 Å². The van der Waals surface area contributed by atoms with Gasteiger partial charge in [-0.05, 0) is 6.42 Å². The molecule has 0 amide bonds. The minimum atomic E-state index is -1.19. The zero-order chi connectivity index (χ0) is 5.70. The van der Waals surface area contributed by atoms with E-state index in [9.17, 15) is 4.79 Å². The monoisotopic (exact) mass is 193 g/mol. The normalized spacial score (nSPS) is 7.12. The van der Waals surface area contributed by atoms with E-state index >= 15 is 0 Å². The average Bonchev–Trinajstić information content (AvgIpc) is 1.61. The van der Waals surface area contributed by atoms with Crippen molar-refractivity contribution in [2.24, 2.45) is 0 Å². The number of carbonyl (C=O) groups is 1. The molecule has 0 saturated heterocycles. The van der Waals surface area contributed by atoms with Crippen molar-refractivity contribution in [1.82, 2.24) is 0 Å². The fourth-order valence-electron chi connectivity index (χ4n) is 0.189. The molecule has 0 aromatic rings. The minimum absolute atomic E-state index is 0. The smallest absolute Gasteiger partial charge is 0.450 e. The SMILES string of the molecule is CCCOC(=O)O.[Y]. The Hall–Kier alpha value is 0.374. The molecule has 45 valence electrons. The second-order valence-corrected chi connectivity index (χ2v) is 1.11. The fraction of sp³-hybridized carbons (Fsp3) is 0.750. The Kier molecular flexibility index (Phi) is 10.3. The van der Waals surface area contributed by atoms with E-state index in [4.69, 9.17) is 5.11 Å². The van der Waals surface area contributed by atoms with Gasteiger partial charge in [0.25, 0.3) is 0 Å². The third kappa shape index (κ3) is 9.62. The van der Waals surface area contributed by atoms with Gasteiger partial charge in [-0.3, -0.25) is 0 Å². The summed E-state index contributed by atoms with van der Waals surface area (Å²) in [5, 5.41) is 7.82. The molecule has 0 saturated carbocycles. The Morgan fingerprint density at radius 1 is 1.75 bits per heavy atom. The molecule has 0 heterocycles. The molecular formula is C4H8O3Y. The molecule has 0 atom stereocenters. The average molecular weight is 193 g/mol. The number of hydrogen-bond acceptors (Lipinski definition) is 2. The van der Waals surface area contributed by atoms with Gasteiger partial charge in [0.2, 0.25) is 0 Å². The Morgan fingerprint density at radius 2 is 2.25 bits per heavy atom. The van der Waals surface area contributed by atoms with Gasteiger partial charge >= 0.3 is 6.16 Å². The molecular weight excluding hydrogens is 185 g/mol. The summed E-state index contributed by atoms with van der Waals surface area (Å²) >= 11 is 0. The predicted molar refractivity (Wildman–Crippen MR) is 24.3 cm³/mol. The Labute approximate surface area is 73.3 Å². The van der Waals surface area contributed by atoms with E-state index in [0.717, 1.165) is 6.42 Å². The maximum Gasteiger partial charge on any atom is 0.505 e. The van der Waals surface area contributed by atoms with Crippen molar-refractivity contribution in [2.45, 2.75) is 13.3 Å². The summed E-state index contributed by atoms with van der Waals surface area (Å²) in [5.41, 5.74) is 0. The molecule has 0 aliphatic heterocycles. The van der Waals surface area contributed by atoms with Gasteiger partial charge in [0.15, 0.2) is 0 Å². The van der Waals surface area contributed by atoms with Crippen molar-refractivity contribution < 1.29 is 47.3 Å². The van der Waals surface area contributed by atoms with Crippen LogP contribution in [0.5, 0.6) is 0 Å². The van der Waals surface area contributed by atoms with Crippen LogP contribution >= 0.6 is 0 Å². The topological polar surface area (TPSA) is 46.5 Å². The summed E-state index contributed by atoms with van der Waals surface area (Å²) in [6, 6.07) is 0. The minimum Gasteiger partial charge on any atom is -0.450 e. The van der Waals surface area contributed by atoms with Crippen LogP contribution in [0.15, 0.2) is 0 Å². The molecule has 0 fully saturated rings. The maximum atomic E-state index is 9.54. The summed E-state index contributed by atoms with van der Waals surface area (Å²) in [6.07, 6.45) is -0.450. The van der Waals surface area contributed by atoms with Crippen molar-refractivity contribution in [3.63, 3.8) is 0 Å². The first-order chi connectivity index (χ1) is 3.27. The van der Waals surface area contributed by atoms with Gasteiger partial charge in [-0.15, -0.1) is 0 Å². The standard InChI is InChI=1S/C4H8O3.Y/c1-2-3-7-4(5)6;/h2-3H2,1H3,(H,5,6);.